The van der Waals surface area contributed by atoms with Gasteiger partial charge >= 0.3 is 0 Å². The SMILES string of the molecule is CCC1CN(c2ccc(Cl)cc2CBr)CCCO1. The normalized spacial score (nSPS) is 20.8. The molecule has 1 heterocycles. The fourth-order valence-corrected chi connectivity index (χ4v) is 2.97. The van der Waals surface area contributed by atoms with Gasteiger partial charge in [0, 0.05) is 35.7 Å². The molecule has 100 valence electrons. The van der Waals surface area contributed by atoms with Crippen molar-refractivity contribution >= 4 is 33.2 Å². The highest BCUT2D eigenvalue weighted by atomic mass is 79.9. The third kappa shape index (κ3) is 3.40. The molecule has 0 N–H and O–H groups in total. The van der Waals surface area contributed by atoms with Crippen molar-refractivity contribution in [3.8, 4) is 0 Å². The van der Waals surface area contributed by atoms with Crippen LogP contribution in [0.15, 0.2) is 18.2 Å². The number of hydrogen-bond donors (Lipinski definition) is 0. The van der Waals surface area contributed by atoms with Gasteiger partial charge in [0.15, 0.2) is 0 Å². The van der Waals surface area contributed by atoms with Crippen LogP contribution in [0.5, 0.6) is 0 Å². The van der Waals surface area contributed by atoms with Crippen LogP contribution < -0.4 is 4.90 Å². The second kappa shape index (κ2) is 6.78. The number of ether oxygens (including phenoxy) is 1. The summed E-state index contributed by atoms with van der Waals surface area (Å²) in [6.45, 7) is 5.07. The van der Waals surface area contributed by atoms with Gasteiger partial charge in [-0.1, -0.05) is 34.5 Å². The van der Waals surface area contributed by atoms with Gasteiger partial charge in [0.2, 0.25) is 0 Å². The van der Waals surface area contributed by atoms with Crippen LogP contribution in [0, 0.1) is 0 Å². The lowest BCUT2D eigenvalue weighted by molar-refractivity contribution is 0.0664. The number of rotatable bonds is 3. The summed E-state index contributed by atoms with van der Waals surface area (Å²) in [6, 6.07) is 6.13. The fourth-order valence-electron chi connectivity index (χ4n) is 2.33. The van der Waals surface area contributed by atoms with E-state index in [-0.39, 0.29) is 0 Å². The molecule has 0 saturated carbocycles. The summed E-state index contributed by atoms with van der Waals surface area (Å²) in [4.78, 5) is 2.42. The highest BCUT2D eigenvalue weighted by molar-refractivity contribution is 9.08. The molecule has 1 aliphatic rings. The van der Waals surface area contributed by atoms with Crippen LogP contribution >= 0.6 is 27.5 Å². The van der Waals surface area contributed by atoms with E-state index < -0.39 is 0 Å². The summed E-state index contributed by atoms with van der Waals surface area (Å²) in [5, 5.41) is 1.63. The van der Waals surface area contributed by atoms with Gasteiger partial charge in [0.25, 0.3) is 0 Å². The van der Waals surface area contributed by atoms with Gasteiger partial charge in [-0.25, -0.2) is 0 Å². The van der Waals surface area contributed by atoms with Crippen LogP contribution in [-0.4, -0.2) is 25.8 Å². The predicted octanol–water partition coefficient (Wildman–Crippen LogP) is 4.24. The Balaban J connectivity index is 2.23. The second-order valence-electron chi connectivity index (χ2n) is 4.61. The lowest BCUT2D eigenvalue weighted by atomic mass is 10.1. The van der Waals surface area contributed by atoms with E-state index in [9.17, 15) is 0 Å². The molecule has 1 fully saturated rings. The molecule has 0 bridgehead atoms. The zero-order valence-electron chi connectivity index (χ0n) is 10.7. The average Bonchev–Trinajstić information content (AvgIpc) is 2.63. The summed E-state index contributed by atoms with van der Waals surface area (Å²) in [5.41, 5.74) is 2.53. The Morgan fingerprint density at radius 3 is 3.06 bits per heavy atom. The molecular weight excluding hydrogens is 314 g/mol. The molecule has 0 radical (unpaired) electrons. The van der Waals surface area contributed by atoms with E-state index in [0.29, 0.717) is 6.10 Å². The van der Waals surface area contributed by atoms with Crippen molar-refractivity contribution in [2.24, 2.45) is 0 Å². The first-order valence-electron chi connectivity index (χ1n) is 6.45. The number of benzene rings is 1. The summed E-state index contributed by atoms with van der Waals surface area (Å²) in [6.07, 6.45) is 2.49. The van der Waals surface area contributed by atoms with Gasteiger partial charge in [0.1, 0.15) is 0 Å². The summed E-state index contributed by atoms with van der Waals surface area (Å²) >= 11 is 9.60. The molecule has 2 nitrogen and oxygen atoms in total. The lowest BCUT2D eigenvalue weighted by Gasteiger charge is -2.27. The van der Waals surface area contributed by atoms with Crippen molar-refractivity contribution in [2.75, 3.05) is 24.6 Å². The van der Waals surface area contributed by atoms with Crippen molar-refractivity contribution in [3.63, 3.8) is 0 Å². The smallest absolute Gasteiger partial charge is 0.0747 e. The zero-order chi connectivity index (χ0) is 13.0. The van der Waals surface area contributed by atoms with E-state index in [1.54, 1.807) is 0 Å². The highest BCUT2D eigenvalue weighted by Gasteiger charge is 2.19. The van der Waals surface area contributed by atoms with Gasteiger partial charge in [-0.15, -0.1) is 0 Å². The Bertz CT molecular complexity index is 399. The first-order chi connectivity index (χ1) is 8.74. The zero-order valence-corrected chi connectivity index (χ0v) is 13.0. The lowest BCUT2D eigenvalue weighted by Crippen LogP contribution is -2.31. The van der Waals surface area contributed by atoms with Gasteiger partial charge in [-0.05, 0) is 36.6 Å². The van der Waals surface area contributed by atoms with Crippen molar-refractivity contribution in [1.29, 1.82) is 0 Å². The molecule has 1 aromatic carbocycles. The largest absolute Gasteiger partial charge is 0.376 e. The van der Waals surface area contributed by atoms with Crippen LogP contribution in [0.25, 0.3) is 0 Å². The topological polar surface area (TPSA) is 12.5 Å². The van der Waals surface area contributed by atoms with Crippen molar-refractivity contribution in [1.82, 2.24) is 0 Å². The predicted molar refractivity (Wildman–Crippen MR) is 80.9 cm³/mol. The molecule has 0 spiro atoms. The first kappa shape index (κ1) is 14.2. The molecule has 4 heteroatoms. The van der Waals surface area contributed by atoms with Crippen LogP contribution in [0.3, 0.4) is 0 Å². The minimum Gasteiger partial charge on any atom is -0.376 e. The Kier molecular flexibility index (Phi) is 5.34. The molecule has 0 aromatic heterocycles. The molecule has 18 heavy (non-hydrogen) atoms. The van der Waals surface area contributed by atoms with E-state index in [1.807, 2.05) is 12.1 Å². The molecule has 1 aromatic rings. The maximum Gasteiger partial charge on any atom is 0.0747 e. The van der Waals surface area contributed by atoms with Crippen molar-refractivity contribution < 1.29 is 4.74 Å². The quantitative estimate of drug-likeness (QED) is 0.768. The average molecular weight is 333 g/mol. The standard InChI is InChI=1S/C14H19BrClNO/c1-2-13-10-17(6-3-7-18-13)14-5-4-12(16)8-11(14)9-15/h4-5,8,13H,2-3,6-7,9-10H2,1H3. The van der Waals surface area contributed by atoms with Crippen molar-refractivity contribution in [2.45, 2.75) is 31.2 Å². The Labute approximate surface area is 122 Å². The molecule has 0 amide bonds. The van der Waals surface area contributed by atoms with Crippen LogP contribution in [0.2, 0.25) is 5.02 Å². The molecular formula is C14H19BrClNO. The second-order valence-corrected chi connectivity index (χ2v) is 5.60. The molecule has 1 saturated heterocycles. The van der Waals surface area contributed by atoms with E-state index in [1.165, 1.54) is 11.3 Å². The molecule has 1 atom stereocenters. The number of nitrogens with zero attached hydrogens (tertiary/aromatic N) is 1. The maximum atomic E-state index is 6.06. The molecule has 1 aliphatic heterocycles. The Hall–Kier alpha value is -0.250. The number of alkyl halides is 1. The van der Waals surface area contributed by atoms with E-state index in [0.717, 1.165) is 42.9 Å². The third-order valence-electron chi connectivity index (χ3n) is 3.33. The van der Waals surface area contributed by atoms with Crippen LogP contribution in [-0.2, 0) is 10.1 Å². The summed E-state index contributed by atoms with van der Waals surface area (Å²) < 4.78 is 5.82. The molecule has 0 aliphatic carbocycles. The molecule has 2 rings (SSSR count). The number of halogens is 2. The minimum absolute atomic E-state index is 0.339. The van der Waals surface area contributed by atoms with E-state index in [2.05, 4.69) is 33.8 Å². The number of hydrogen-bond acceptors (Lipinski definition) is 2. The number of anilines is 1. The monoisotopic (exact) mass is 331 g/mol. The van der Waals surface area contributed by atoms with E-state index in [4.69, 9.17) is 16.3 Å². The third-order valence-corrected chi connectivity index (χ3v) is 4.17. The van der Waals surface area contributed by atoms with Gasteiger partial charge in [-0.3, -0.25) is 0 Å². The first-order valence-corrected chi connectivity index (χ1v) is 7.95. The van der Waals surface area contributed by atoms with Crippen LogP contribution in [0.1, 0.15) is 25.3 Å². The van der Waals surface area contributed by atoms with Gasteiger partial charge in [-0.2, -0.15) is 0 Å². The Morgan fingerprint density at radius 1 is 1.50 bits per heavy atom. The maximum absolute atomic E-state index is 6.06. The van der Waals surface area contributed by atoms with Gasteiger partial charge in [0.05, 0.1) is 6.10 Å². The summed E-state index contributed by atoms with van der Waals surface area (Å²) in [7, 11) is 0. The molecule has 1 unspecified atom stereocenters. The van der Waals surface area contributed by atoms with E-state index >= 15 is 0 Å². The van der Waals surface area contributed by atoms with Crippen LogP contribution in [0.4, 0.5) is 5.69 Å². The minimum atomic E-state index is 0.339. The highest BCUT2D eigenvalue weighted by Crippen LogP contribution is 2.28. The summed E-state index contributed by atoms with van der Waals surface area (Å²) in [5.74, 6) is 0. The van der Waals surface area contributed by atoms with Gasteiger partial charge < -0.3 is 9.64 Å². The fraction of sp³-hybridized carbons (Fsp3) is 0.571. The Morgan fingerprint density at radius 2 is 2.33 bits per heavy atom. The van der Waals surface area contributed by atoms with Crippen molar-refractivity contribution in [3.05, 3.63) is 28.8 Å².